The molecule has 4 heteroatoms. The molecule has 3 nitrogen and oxygen atoms in total. The van der Waals surface area contributed by atoms with Crippen LogP contribution in [0.3, 0.4) is 0 Å². The van der Waals surface area contributed by atoms with Gasteiger partial charge in [0.2, 0.25) is 0 Å². The quantitative estimate of drug-likeness (QED) is 0.868. The van der Waals surface area contributed by atoms with Gasteiger partial charge in [-0.25, -0.2) is 4.39 Å². The third kappa shape index (κ3) is 3.84. The molecule has 2 aromatic rings. The molecule has 0 saturated carbocycles. The van der Waals surface area contributed by atoms with Gasteiger partial charge in [-0.05, 0) is 36.8 Å². The van der Waals surface area contributed by atoms with E-state index in [2.05, 4.69) is 10.3 Å². The molecule has 19 heavy (non-hydrogen) atoms. The summed E-state index contributed by atoms with van der Waals surface area (Å²) in [4.78, 5) is 4.24. The van der Waals surface area contributed by atoms with Gasteiger partial charge in [-0.2, -0.15) is 0 Å². The Labute approximate surface area is 112 Å². The van der Waals surface area contributed by atoms with Crippen LogP contribution in [0.2, 0.25) is 0 Å². The van der Waals surface area contributed by atoms with Gasteiger partial charge in [-0.15, -0.1) is 0 Å². The van der Waals surface area contributed by atoms with E-state index in [1.807, 2.05) is 25.1 Å². The average molecular weight is 260 g/mol. The molecule has 2 unspecified atom stereocenters. The summed E-state index contributed by atoms with van der Waals surface area (Å²) >= 11 is 0. The molecule has 0 spiro atoms. The normalized spacial score (nSPS) is 14.1. The first-order valence-electron chi connectivity index (χ1n) is 6.24. The predicted octanol–water partition coefficient (Wildman–Crippen LogP) is 2.60. The lowest BCUT2D eigenvalue weighted by Gasteiger charge is -2.17. The topological polar surface area (TPSA) is 45.1 Å². The SMILES string of the molecule is CC(NCC(O)c1cccc(F)c1)c1ccccn1. The maximum absolute atomic E-state index is 13.0. The van der Waals surface area contributed by atoms with Gasteiger partial charge < -0.3 is 10.4 Å². The number of aliphatic hydroxyl groups excluding tert-OH is 1. The standard InChI is InChI=1S/C15H17FN2O/c1-11(14-7-2-3-8-17-14)18-10-15(19)12-5-4-6-13(16)9-12/h2-9,11,15,18-19H,10H2,1H3. The van der Waals surface area contributed by atoms with Crippen LogP contribution in [0.5, 0.6) is 0 Å². The maximum atomic E-state index is 13.0. The van der Waals surface area contributed by atoms with Crippen LogP contribution in [-0.2, 0) is 0 Å². The molecule has 0 saturated heterocycles. The molecular weight excluding hydrogens is 243 g/mol. The van der Waals surface area contributed by atoms with Crippen LogP contribution in [0.25, 0.3) is 0 Å². The second kappa shape index (κ2) is 6.41. The van der Waals surface area contributed by atoms with Crippen LogP contribution >= 0.6 is 0 Å². The van der Waals surface area contributed by atoms with E-state index in [1.165, 1.54) is 12.1 Å². The van der Waals surface area contributed by atoms with E-state index in [4.69, 9.17) is 0 Å². The molecule has 1 aromatic heterocycles. The first-order chi connectivity index (χ1) is 9.16. The van der Waals surface area contributed by atoms with E-state index < -0.39 is 6.10 Å². The van der Waals surface area contributed by atoms with Crippen LogP contribution in [0.1, 0.15) is 30.3 Å². The van der Waals surface area contributed by atoms with Crippen molar-refractivity contribution in [1.82, 2.24) is 10.3 Å². The van der Waals surface area contributed by atoms with Gasteiger partial charge >= 0.3 is 0 Å². The summed E-state index contributed by atoms with van der Waals surface area (Å²) in [6, 6.07) is 11.7. The molecule has 0 amide bonds. The van der Waals surface area contributed by atoms with E-state index in [0.29, 0.717) is 12.1 Å². The van der Waals surface area contributed by atoms with Crippen molar-refractivity contribution in [3.8, 4) is 0 Å². The Morgan fingerprint density at radius 1 is 1.26 bits per heavy atom. The summed E-state index contributed by atoms with van der Waals surface area (Å²) in [5.41, 5.74) is 1.48. The van der Waals surface area contributed by atoms with E-state index in [9.17, 15) is 9.50 Å². The number of nitrogens with zero attached hydrogens (tertiary/aromatic N) is 1. The Balaban J connectivity index is 1.92. The molecule has 0 aliphatic carbocycles. The number of aliphatic hydroxyl groups is 1. The fourth-order valence-corrected chi connectivity index (χ4v) is 1.86. The fourth-order valence-electron chi connectivity index (χ4n) is 1.86. The highest BCUT2D eigenvalue weighted by Gasteiger charge is 2.11. The molecular formula is C15H17FN2O. The summed E-state index contributed by atoms with van der Waals surface area (Å²) in [6.07, 6.45) is 0.998. The Hall–Kier alpha value is -1.78. The number of hydrogen-bond donors (Lipinski definition) is 2. The predicted molar refractivity (Wildman–Crippen MR) is 72.0 cm³/mol. The van der Waals surface area contributed by atoms with Crippen molar-refractivity contribution in [2.45, 2.75) is 19.1 Å². The van der Waals surface area contributed by atoms with Crippen molar-refractivity contribution in [2.75, 3.05) is 6.54 Å². The number of rotatable bonds is 5. The number of halogens is 1. The molecule has 1 aromatic carbocycles. The minimum atomic E-state index is -0.734. The summed E-state index contributed by atoms with van der Waals surface area (Å²) in [6.45, 7) is 2.32. The second-order valence-electron chi connectivity index (χ2n) is 4.46. The van der Waals surface area contributed by atoms with Crippen LogP contribution in [0.15, 0.2) is 48.7 Å². The summed E-state index contributed by atoms with van der Waals surface area (Å²) in [5.74, 6) is -0.339. The Morgan fingerprint density at radius 2 is 2.11 bits per heavy atom. The number of aromatic nitrogens is 1. The van der Waals surface area contributed by atoms with Gasteiger partial charge in [0, 0.05) is 18.8 Å². The number of benzene rings is 1. The first kappa shape index (κ1) is 13.6. The molecule has 2 rings (SSSR count). The highest BCUT2D eigenvalue weighted by Crippen LogP contribution is 2.15. The zero-order valence-corrected chi connectivity index (χ0v) is 10.8. The Morgan fingerprint density at radius 3 is 2.79 bits per heavy atom. The zero-order valence-electron chi connectivity index (χ0n) is 10.8. The molecule has 100 valence electrons. The van der Waals surface area contributed by atoms with Crippen LogP contribution in [-0.4, -0.2) is 16.6 Å². The number of nitrogens with one attached hydrogen (secondary N) is 1. The first-order valence-corrected chi connectivity index (χ1v) is 6.24. The van der Waals surface area contributed by atoms with Gasteiger partial charge in [0.05, 0.1) is 11.8 Å². The highest BCUT2D eigenvalue weighted by atomic mass is 19.1. The monoisotopic (exact) mass is 260 g/mol. The smallest absolute Gasteiger partial charge is 0.123 e. The minimum Gasteiger partial charge on any atom is -0.387 e. The van der Waals surface area contributed by atoms with E-state index in [1.54, 1.807) is 18.3 Å². The fraction of sp³-hybridized carbons (Fsp3) is 0.267. The van der Waals surface area contributed by atoms with Gasteiger partial charge in [0.1, 0.15) is 5.82 Å². The van der Waals surface area contributed by atoms with Crippen molar-refractivity contribution in [3.05, 3.63) is 65.7 Å². The highest BCUT2D eigenvalue weighted by molar-refractivity contribution is 5.19. The van der Waals surface area contributed by atoms with Crippen molar-refractivity contribution in [1.29, 1.82) is 0 Å². The number of hydrogen-bond acceptors (Lipinski definition) is 3. The van der Waals surface area contributed by atoms with Crippen molar-refractivity contribution < 1.29 is 9.50 Å². The molecule has 0 radical (unpaired) electrons. The van der Waals surface area contributed by atoms with Crippen molar-refractivity contribution in [3.63, 3.8) is 0 Å². The zero-order chi connectivity index (χ0) is 13.7. The Kier molecular flexibility index (Phi) is 4.60. The molecule has 0 fully saturated rings. The molecule has 0 aliphatic heterocycles. The third-order valence-electron chi connectivity index (χ3n) is 2.98. The second-order valence-corrected chi connectivity index (χ2v) is 4.46. The summed E-state index contributed by atoms with van der Waals surface area (Å²) in [7, 11) is 0. The number of pyridine rings is 1. The van der Waals surface area contributed by atoms with E-state index >= 15 is 0 Å². The van der Waals surface area contributed by atoms with E-state index in [0.717, 1.165) is 5.69 Å². The van der Waals surface area contributed by atoms with Crippen LogP contribution < -0.4 is 5.32 Å². The summed E-state index contributed by atoms with van der Waals surface area (Å²) in [5, 5.41) is 13.2. The van der Waals surface area contributed by atoms with Gasteiger partial charge in [-0.1, -0.05) is 18.2 Å². The lowest BCUT2D eigenvalue weighted by Crippen LogP contribution is -2.25. The molecule has 1 heterocycles. The lowest BCUT2D eigenvalue weighted by molar-refractivity contribution is 0.170. The average Bonchev–Trinajstić information content (AvgIpc) is 2.45. The molecule has 0 bridgehead atoms. The van der Waals surface area contributed by atoms with Crippen LogP contribution in [0, 0.1) is 5.82 Å². The van der Waals surface area contributed by atoms with Crippen LogP contribution in [0.4, 0.5) is 4.39 Å². The summed E-state index contributed by atoms with van der Waals surface area (Å²) < 4.78 is 13.0. The molecule has 2 atom stereocenters. The third-order valence-corrected chi connectivity index (χ3v) is 2.98. The maximum Gasteiger partial charge on any atom is 0.123 e. The van der Waals surface area contributed by atoms with Crippen molar-refractivity contribution >= 4 is 0 Å². The van der Waals surface area contributed by atoms with Gasteiger partial charge in [-0.3, -0.25) is 4.98 Å². The molecule has 2 N–H and O–H groups in total. The lowest BCUT2D eigenvalue weighted by atomic mass is 10.1. The van der Waals surface area contributed by atoms with Crippen molar-refractivity contribution in [2.24, 2.45) is 0 Å². The minimum absolute atomic E-state index is 0.0319. The Bertz CT molecular complexity index is 519. The molecule has 0 aliphatic rings. The van der Waals surface area contributed by atoms with E-state index in [-0.39, 0.29) is 11.9 Å². The largest absolute Gasteiger partial charge is 0.387 e. The van der Waals surface area contributed by atoms with Gasteiger partial charge in [0.15, 0.2) is 0 Å². The van der Waals surface area contributed by atoms with Gasteiger partial charge in [0.25, 0.3) is 0 Å².